The van der Waals surface area contributed by atoms with Gasteiger partial charge in [0.05, 0.1) is 0 Å². The molecule has 0 amide bonds. The SMILES string of the molecule is CC(C)(NCc1cccs1)c1ccccc1.Cl. The minimum absolute atomic E-state index is 0. The molecule has 0 atom stereocenters. The van der Waals surface area contributed by atoms with Crippen LogP contribution in [-0.2, 0) is 12.1 Å². The van der Waals surface area contributed by atoms with Crippen LogP contribution in [0.3, 0.4) is 0 Å². The summed E-state index contributed by atoms with van der Waals surface area (Å²) in [5.41, 5.74) is 1.34. The van der Waals surface area contributed by atoms with E-state index in [1.807, 2.05) is 0 Å². The van der Waals surface area contributed by atoms with Crippen LogP contribution in [0, 0.1) is 0 Å². The maximum atomic E-state index is 3.59. The van der Waals surface area contributed by atoms with Gasteiger partial charge in [-0.15, -0.1) is 23.7 Å². The molecule has 0 fully saturated rings. The van der Waals surface area contributed by atoms with E-state index in [1.54, 1.807) is 11.3 Å². The largest absolute Gasteiger partial charge is 0.303 e. The van der Waals surface area contributed by atoms with Gasteiger partial charge >= 0.3 is 0 Å². The standard InChI is InChI=1S/C14H17NS.ClH/c1-14(2,12-7-4-3-5-8-12)15-11-13-9-6-10-16-13;/h3-10,15H,11H2,1-2H3;1H. The number of hydrogen-bond donors (Lipinski definition) is 1. The normalized spacial score (nSPS) is 10.9. The lowest BCUT2D eigenvalue weighted by Crippen LogP contribution is -2.35. The van der Waals surface area contributed by atoms with Crippen molar-refractivity contribution in [3.05, 3.63) is 58.3 Å². The van der Waals surface area contributed by atoms with E-state index < -0.39 is 0 Å². The summed E-state index contributed by atoms with van der Waals surface area (Å²) in [5, 5.41) is 5.71. The van der Waals surface area contributed by atoms with Gasteiger partial charge in [-0.05, 0) is 30.9 Å². The Morgan fingerprint density at radius 3 is 2.35 bits per heavy atom. The van der Waals surface area contributed by atoms with Gasteiger partial charge in [0.1, 0.15) is 0 Å². The first-order valence-corrected chi connectivity index (χ1v) is 6.39. The van der Waals surface area contributed by atoms with E-state index in [9.17, 15) is 0 Å². The van der Waals surface area contributed by atoms with Gasteiger partial charge in [0, 0.05) is 17.0 Å². The van der Waals surface area contributed by atoms with Crippen LogP contribution in [0.4, 0.5) is 0 Å². The molecule has 0 spiro atoms. The summed E-state index contributed by atoms with van der Waals surface area (Å²) in [6.45, 7) is 5.37. The molecular formula is C14H18ClNS. The van der Waals surface area contributed by atoms with Crippen molar-refractivity contribution in [1.29, 1.82) is 0 Å². The molecule has 0 aliphatic heterocycles. The zero-order valence-corrected chi connectivity index (χ0v) is 11.8. The van der Waals surface area contributed by atoms with E-state index in [-0.39, 0.29) is 17.9 Å². The lowest BCUT2D eigenvalue weighted by Gasteiger charge is -2.26. The average Bonchev–Trinajstić information content (AvgIpc) is 2.81. The van der Waals surface area contributed by atoms with Crippen molar-refractivity contribution in [1.82, 2.24) is 5.32 Å². The van der Waals surface area contributed by atoms with E-state index >= 15 is 0 Å². The summed E-state index contributed by atoms with van der Waals surface area (Å²) in [5.74, 6) is 0. The van der Waals surface area contributed by atoms with Crippen LogP contribution >= 0.6 is 23.7 Å². The predicted octanol–water partition coefficient (Wildman–Crippen LogP) is 4.19. The van der Waals surface area contributed by atoms with E-state index in [2.05, 4.69) is 67.0 Å². The highest BCUT2D eigenvalue weighted by Crippen LogP contribution is 2.20. The number of rotatable bonds is 4. The fourth-order valence-corrected chi connectivity index (χ4v) is 2.32. The molecule has 0 saturated carbocycles. The summed E-state index contributed by atoms with van der Waals surface area (Å²) >= 11 is 1.80. The second-order valence-electron chi connectivity index (χ2n) is 4.42. The summed E-state index contributed by atoms with van der Waals surface area (Å²) in [7, 11) is 0. The Morgan fingerprint density at radius 1 is 1.06 bits per heavy atom. The Bertz CT molecular complexity index is 423. The summed E-state index contributed by atoms with van der Waals surface area (Å²) in [4.78, 5) is 1.38. The maximum Gasteiger partial charge on any atom is 0.0380 e. The molecule has 1 heterocycles. The first-order valence-electron chi connectivity index (χ1n) is 5.51. The number of thiophene rings is 1. The van der Waals surface area contributed by atoms with Crippen LogP contribution in [-0.4, -0.2) is 0 Å². The molecule has 17 heavy (non-hydrogen) atoms. The molecule has 1 aromatic carbocycles. The second kappa shape index (κ2) is 6.20. The van der Waals surface area contributed by atoms with Crippen LogP contribution in [0.25, 0.3) is 0 Å². The summed E-state index contributed by atoms with van der Waals surface area (Å²) in [6, 6.07) is 14.8. The fourth-order valence-electron chi connectivity index (χ4n) is 1.68. The van der Waals surface area contributed by atoms with E-state index in [0.29, 0.717) is 0 Å². The first-order chi connectivity index (χ1) is 7.68. The molecule has 0 unspecified atom stereocenters. The maximum absolute atomic E-state index is 3.59. The van der Waals surface area contributed by atoms with Crippen molar-refractivity contribution in [3.8, 4) is 0 Å². The van der Waals surface area contributed by atoms with Crippen LogP contribution in [0.15, 0.2) is 47.8 Å². The quantitative estimate of drug-likeness (QED) is 0.876. The lowest BCUT2D eigenvalue weighted by atomic mass is 9.94. The predicted molar refractivity (Wildman–Crippen MR) is 77.9 cm³/mol. The van der Waals surface area contributed by atoms with Gasteiger partial charge < -0.3 is 5.32 Å². The molecule has 92 valence electrons. The molecule has 0 saturated heterocycles. The minimum atomic E-state index is 0. The van der Waals surface area contributed by atoms with Crippen molar-refractivity contribution in [2.24, 2.45) is 0 Å². The van der Waals surface area contributed by atoms with Gasteiger partial charge in [0.15, 0.2) is 0 Å². The molecule has 0 bridgehead atoms. The highest BCUT2D eigenvalue weighted by molar-refractivity contribution is 7.09. The molecule has 0 radical (unpaired) electrons. The number of hydrogen-bond acceptors (Lipinski definition) is 2. The molecule has 1 aromatic heterocycles. The molecule has 2 rings (SSSR count). The molecular weight excluding hydrogens is 250 g/mol. The second-order valence-corrected chi connectivity index (χ2v) is 5.46. The first kappa shape index (κ1) is 14.2. The summed E-state index contributed by atoms with van der Waals surface area (Å²) < 4.78 is 0. The monoisotopic (exact) mass is 267 g/mol. The Balaban J connectivity index is 0.00000144. The van der Waals surface area contributed by atoms with Gasteiger partial charge in [0.2, 0.25) is 0 Å². The summed E-state index contributed by atoms with van der Waals surface area (Å²) in [6.07, 6.45) is 0. The Morgan fingerprint density at radius 2 is 1.76 bits per heavy atom. The highest BCUT2D eigenvalue weighted by Gasteiger charge is 2.18. The van der Waals surface area contributed by atoms with Gasteiger partial charge in [-0.1, -0.05) is 36.4 Å². The van der Waals surface area contributed by atoms with Gasteiger partial charge in [-0.3, -0.25) is 0 Å². The minimum Gasteiger partial charge on any atom is -0.303 e. The third kappa shape index (κ3) is 3.84. The van der Waals surface area contributed by atoms with Crippen LogP contribution < -0.4 is 5.32 Å². The van der Waals surface area contributed by atoms with E-state index in [1.165, 1.54) is 10.4 Å². The van der Waals surface area contributed by atoms with Crippen LogP contribution in [0.5, 0.6) is 0 Å². The number of benzene rings is 1. The van der Waals surface area contributed by atoms with E-state index in [0.717, 1.165) is 6.54 Å². The lowest BCUT2D eigenvalue weighted by molar-refractivity contribution is 0.403. The van der Waals surface area contributed by atoms with Crippen molar-refractivity contribution in [3.63, 3.8) is 0 Å². The molecule has 0 aliphatic rings. The third-order valence-corrected chi connectivity index (χ3v) is 3.66. The average molecular weight is 268 g/mol. The van der Waals surface area contributed by atoms with Gasteiger partial charge in [-0.2, -0.15) is 0 Å². The Hall–Kier alpha value is -0.830. The third-order valence-electron chi connectivity index (χ3n) is 2.78. The van der Waals surface area contributed by atoms with Crippen molar-refractivity contribution < 1.29 is 0 Å². The molecule has 2 aromatic rings. The zero-order chi connectivity index (χ0) is 11.4. The molecule has 3 heteroatoms. The van der Waals surface area contributed by atoms with Crippen LogP contribution in [0.1, 0.15) is 24.3 Å². The highest BCUT2D eigenvalue weighted by atomic mass is 35.5. The van der Waals surface area contributed by atoms with Crippen molar-refractivity contribution in [2.45, 2.75) is 25.9 Å². The fraction of sp³-hybridized carbons (Fsp3) is 0.286. The van der Waals surface area contributed by atoms with Crippen molar-refractivity contribution in [2.75, 3.05) is 0 Å². The smallest absolute Gasteiger partial charge is 0.0380 e. The van der Waals surface area contributed by atoms with Gasteiger partial charge in [0.25, 0.3) is 0 Å². The van der Waals surface area contributed by atoms with E-state index in [4.69, 9.17) is 0 Å². The number of nitrogens with one attached hydrogen (secondary N) is 1. The molecule has 0 aliphatic carbocycles. The zero-order valence-electron chi connectivity index (χ0n) is 10.1. The Kier molecular flexibility index (Phi) is 5.19. The molecule has 1 nitrogen and oxygen atoms in total. The topological polar surface area (TPSA) is 12.0 Å². The van der Waals surface area contributed by atoms with Gasteiger partial charge in [-0.25, -0.2) is 0 Å². The number of halogens is 1. The van der Waals surface area contributed by atoms with Crippen LogP contribution in [0.2, 0.25) is 0 Å². The molecule has 1 N–H and O–H groups in total. The Labute approximate surface area is 113 Å². The van der Waals surface area contributed by atoms with Crippen molar-refractivity contribution >= 4 is 23.7 Å².